The van der Waals surface area contributed by atoms with Gasteiger partial charge < -0.3 is 20.1 Å². The highest BCUT2D eigenvalue weighted by Crippen LogP contribution is 2.14. The van der Waals surface area contributed by atoms with Crippen molar-refractivity contribution in [3.63, 3.8) is 0 Å². The maximum Gasteiger partial charge on any atom is 0.191 e. The zero-order chi connectivity index (χ0) is 20.2. The monoisotopic (exact) mass is 518 g/mol. The number of benzene rings is 1. The summed E-state index contributed by atoms with van der Waals surface area (Å²) < 4.78 is 10.7. The lowest BCUT2D eigenvalue weighted by atomic mass is 10.0. The van der Waals surface area contributed by atoms with Crippen molar-refractivity contribution in [1.82, 2.24) is 15.5 Å². The summed E-state index contributed by atoms with van der Waals surface area (Å²) in [5, 5.41) is 6.85. The van der Waals surface area contributed by atoms with Gasteiger partial charge in [0.05, 0.1) is 26.9 Å². The molecule has 1 heterocycles. The second kappa shape index (κ2) is 14.8. The zero-order valence-corrected chi connectivity index (χ0v) is 20.8. The summed E-state index contributed by atoms with van der Waals surface area (Å²) in [4.78, 5) is 7.39. The van der Waals surface area contributed by atoms with Crippen molar-refractivity contribution in [3.8, 4) is 5.75 Å². The Morgan fingerprint density at radius 1 is 1.17 bits per heavy atom. The van der Waals surface area contributed by atoms with Gasteiger partial charge in [-0.2, -0.15) is 0 Å². The molecule has 1 unspecified atom stereocenters. The molecule has 1 aliphatic heterocycles. The molecule has 0 aromatic heterocycles. The number of aryl methyl sites for hydroxylation is 1. The summed E-state index contributed by atoms with van der Waals surface area (Å²) in [6.07, 6.45) is 2.10. The van der Waals surface area contributed by atoms with E-state index in [0.717, 1.165) is 70.5 Å². The molecule has 0 spiro atoms. The average molecular weight is 518 g/mol. The molecule has 0 radical (unpaired) electrons. The first-order valence-electron chi connectivity index (χ1n) is 10.6. The Hall–Kier alpha value is -1.06. The van der Waals surface area contributed by atoms with E-state index in [1.807, 2.05) is 12.1 Å². The fourth-order valence-corrected chi connectivity index (χ4v) is 3.48. The van der Waals surface area contributed by atoms with Gasteiger partial charge in [-0.3, -0.25) is 9.89 Å². The number of methoxy groups -OCH3 is 1. The van der Waals surface area contributed by atoms with Crippen molar-refractivity contribution in [2.45, 2.75) is 39.7 Å². The average Bonchev–Trinajstić information content (AvgIpc) is 2.72. The first-order chi connectivity index (χ1) is 13.6. The molecule has 0 aliphatic carbocycles. The van der Waals surface area contributed by atoms with Gasteiger partial charge in [0.15, 0.2) is 5.96 Å². The Morgan fingerprint density at radius 2 is 1.86 bits per heavy atom. The molecule has 6 nitrogen and oxygen atoms in total. The third-order valence-corrected chi connectivity index (χ3v) is 5.16. The third-order valence-electron chi connectivity index (χ3n) is 5.16. The predicted molar refractivity (Wildman–Crippen MR) is 132 cm³/mol. The first-order valence-corrected chi connectivity index (χ1v) is 10.6. The molecule has 29 heavy (non-hydrogen) atoms. The molecule has 2 N–H and O–H groups in total. The molecule has 1 fully saturated rings. The van der Waals surface area contributed by atoms with Crippen molar-refractivity contribution >= 4 is 29.9 Å². The number of halogens is 1. The van der Waals surface area contributed by atoms with Crippen LogP contribution in [-0.4, -0.2) is 69.9 Å². The topological polar surface area (TPSA) is 58.1 Å². The van der Waals surface area contributed by atoms with Crippen LogP contribution in [0.1, 0.15) is 32.8 Å². The number of rotatable bonds is 10. The molecule has 1 atom stereocenters. The fourth-order valence-electron chi connectivity index (χ4n) is 3.48. The quantitative estimate of drug-likeness (QED) is 0.216. The number of hydrogen-bond donors (Lipinski definition) is 2. The Bertz CT molecular complexity index is 575. The number of guanidine groups is 1. The molecular formula is C22H39IN4O2. The molecule has 0 saturated carbocycles. The maximum atomic E-state index is 5.50. The van der Waals surface area contributed by atoms with Gasteiger partial charge in [-0.15, -0.1) is 24.0 Å². The third kappa shape index (κ3) is 9.53. The summed E-state index contributed by atoms with van der Waals surface area (Å²) in [7, 11) is 1.70. The van der Waals surface area contributed by atoms with Gasteiger partial charge in [0.25, 0.3) is 0 Å². The summed E-state index contributed by atoms with van der Waals surface area (Å²) in [6, 6.07) is 8.76. The molecular weight excluding hydrogens is 479 g/mol. The Morgan fingerprint density at radius 3 is 2.45 bits per heavy atom. The number of morpholine rings is 1. The number of ether oxygens (including phenoxy) is 2. The number of hydrogen-bond acceptors (Lipinski definition) is 4. The largest absolute Gasteiger partial charge is 0.497 e. The molecule has 2 rings (SSSR count). The van der Waals surface area contributed by atoms with E-state index < -0.39 is 0 Å². The molecule has 7 heteroatoms. The molecule has 1 saturated heterocycles. The highest BCUT2D eigenvalue weighted by molar-refractivity contribution is 14.0. The van der Waals surface area contributed by atoms with Crippen LogP contribution < -0.4 is 15.4 Å². The SMILES string of the molecule is CCNC(=NCC(C(C)C)N1CCOCC1)NCCCc1ccc(OC)cc1.I. The van der Waals surface area contributed by atoms with E-state index in [9.17, 15) is 0 Å². The summed E-state index contributed by atoms with van der Waals surface area (Å²) in [5.74, 6) is 2.39. The Balaban J connectivity index is 0.00000420. The van der Waals surface area contributed by atoms with Gasteiger partial charge in [0, 0.05) is 32.2 Å². The number of aliphatic imine (C=N–C) groups is 1. The second-order valence-corrected chi connectivity index (χ2v) is 7.56. The van der Waals surface area contributed by atoms with Gasteiger partial charge in [-0.25, -0.2) is 0 Å². The Labute approximate surface area is 193 Å². The summed E-state index contributed by atoms with van der Waals surface area (Å²) >= 11 is 0. The minimum atomic E-state index is 0. The summed E-state index contributed by atoms with van der Waals surface area (Å²) in [6.45, 7) is 12.9. The number of nitrogens with zero attached hydrogens (tertiary/aromatic N) is 2. The van der Waals surface area contributed by atoms with Crippen LogP contribution in [0.15, 0.2) is 29.3 Å². The van der Waals surface area contributed by atoms with Crippen LogP contribution in [0.5, 0.6) is 5.75 Å². The standard InChI is InChI=1S/C22H38N4O2.HI/c1-5-23-22(24-12-6-7-19-8-10-20(27-4)11-9-19)25-17-21(18(2)3)26-13-15-28-16-14-26;/h8-11,18,21H,5-7,12-17H2,1-4H3,(H2,23,24,25);1H. The van der Waals surface area contributed by atoms with E-state index >= 15 is 0 Å². The van der Waals surface area contributed by atoms with Gasteiger partial charge in [0.2, 0.25) is 0 Å². The van der Waals surface area contributed by atoms with Crippen molar-refractivity contribution in [2.24, 2.45) is 10.9 Å². The fraction of sp³-hybridized carbons (Fsp3) is 0.682. The highest BCUT2D eigenvalue weighted by atomic mass is 127. The van der Waals surface area contributed by atoms with Crippen molar-refractivity contribution in [2.75, 3.05) is 53.0 Å². The van der Waals surface area contributed by atoms with Crippen LogP contribution in [0.3, 0.4) is 0 Å². The minimum absolute atomic E-state index is 0. The van der Waals surface area contributed by atoms with Crippen molar-refractivity contribution in [1.29, 1.82) is 0 Å². The van der Waals surface area contributed by atoms with Gasteiger partial charge in [-0.1, -0.05) is 26.0 Å². The lowest BCUT2D eigenvalue weighted by Gasteiger charge is -2.36. The lowest BCUT2D eigenvalue weighted by molar-refractivity contribution is 0.00867. The van der Waals surface area contributed by atoms with E-state index in [1.165, 1.54) is 5.56 Å². The molecule has 1 aliphatic rings. The van der Waals surface area contributed by atoms with E-state index in [2.05, 4.69) is 48.4 Å². The highest BCUT2D eigenvalue weighted by Gasteiger charge is 2.23. The van der Waals surface area contributed by atoms with Crippen LogP contribution in [0.25, 0.3) is 0 Å². The van der Waals surface area contributed by atoms with E-state index in [-0.39, 0.29) is 24.0 Å². The molecule has 0 amide bonds. The van der Waals surface area contributed by atoms with Crippen LogP contribution in [0.2, 0.25) is 0 Å². The van der Waals surface area contributed by atoms with Gasteiger partial charge in [-0.05, 0) is 43.4 Å². The van der Waals surface area contributed by atoms with E-state index in [4.69, 9.17) is 14.5 Å². The lowest BCUT2D eigenvalue weighted by Crippen LogP contribution is -2.48. The molecule has 1 aromatic carbocycles. The molecule has 166 valence electrons. The number of nitrogens with one attached hydrogen (secondary N) is 2. The van der Waals surface area contributed by atoms with E-state index in [0.29, 0.717) is 12.0 Å². The normalized spacial score (nSPS) is 16.2. The maximum absolute atomic E-state index is 5.50. The Kier molecular flexibility index (Phi) is 13.3. The van der Waals surface area contributed by atoms with Crippen LogP contribution in [-0.2, 0) is 11.2 Å². The molecule has 1 aromatic rings. The molecule has 0 bridgehead atoms. The van der Waals surface area contributed by atoms with Gasteiger partial charge in [0.1, 0.15) is 5.75 Å². The smallest absolute Gasteiger partial charge is 0.191 e. The van der Waals surface area contributed by atoms with Crippen molar-refractivity contribution < 1.29 is 9.47 Å². The van der Waals surface area contributed by atoms with Crippen LogP contribution in [0, 0.1) is 5.92 Å². The second-order valence-electron chi connectivity index (χ2n) is 7.56. The first kappa shape index (κ1) is 26.0. The zero-order valence-electron chi connectivity index (χ0n) is 18.4. The van der Waals surface area contributed by atoms with Gasteiger partial charge >= 0.3 is 0 Å². The summed E-state index contributed by atoms with van der Waals surface area (Å²) in [5.41, 5.74) is 1.33. The predicted octanol–water partition coefficient (Wildman–Crippen LogP) is 3.16. The van der Waals surface area contributed by atoms with Crippen LogP contribution >= 0.6 is 24.0 Å². The van der Waals surface area contributed by atoms with Crippen molar-refractivity contribution in [3.05, 3.63) is 29.8 Å². The minimum Gasteiger partial charge on any atom is -0.497 e. The van der Waals surface area contributed by atoms with E-state index in [1.54, 1.807) is 7.11 Å². The van der Waals surface area contributed by atoms with Crippen LogP contribution in [0.4, 0.5) is 0 Å².